The average molecular weight is 449 g/mol. The van der Waals surface area contributed by atoms with Crippen LogP contribution in [0.15, 0.2) is 37.2 Å². The molecule has 0 unspecified atom stereocenters. The molecule has 1 aliphatic rings. The number of pyridine rings is 1. The van der Waals surface area contributed by atoms with Crippen LogP contribution in [-0.2, 0) is 25.8 Å². The van der Waals surface area contributed by atoms with Crippen LogP contribution >= 0.6 is 0 Å². The molecular formula is C17H19N7O6S. The van der Waals surface area contributed by atoms with Gasteiger partial charge in [0.2, 0.25) is 0 Å². The molecule has 13 nitrogen and oxygen atoms in total. The molecular weight excluding hydrogens is 430 g/mol. The number of nitrogens with one attached hydrogen (secondary N) is 1. The Morgan fingerprint density at radius 2 is 2.23 bits per heavy atom. The molecule has 4 heterocycles. The van der Waals surface area contributed by atoms with E-state index in [0.717, 1.165) is 0 Å². The number of fused-ring (bicyclic) bond motifs is 1. The van der Waals surface area contributed by atoms with Gasteiger partial charge < -0.3 is 15.2 Å². The Morgan fingerprint density at radius 3 is 2.97 bits per heavy atom. The van der Waals surface area contributed by atoms with Crippen molar-refractivity contribution in [3.05, 3.63) is 48.4 Å². The van der Waals surface area contributed by atoms with Gasteiger partial charge in [-0.15, -0.1) is 0 Å². The summed E-state index contributed by atoms with van der Waals surface area (Å²) in [6, 6.07) is 3.31. The van der Waals surface area contributed by atoms with Gasteiger partial charge >= 0.3 is 10.3 Å². The Kier molecular flexibility index (Phi) is 5.88. The number of amides is 1. The molecule has 164 valence electrons. The smallest absolute Gasteiger partial charge is 0.333 e. The number of rotatable bonds is 7. The molecule has 14 heteroatoms. The van der Waals surface area contributed by atoms with Crippen molar-refractivity contribution in [2.24, 2.45) is 5.14 Å². The van der Waals surface area contributed by atoms with Crippen molar-refractivity contribution in [2.75, 3.05) is 6.61 Å². The molecule has 0 aliphatic carbocycles. The van der Waals surface area contributed by atoms with Crippen molar-refractivity contribution in [1.82, 2.24) is 29.8 Å². The number of carbonyl (C=O) groups excluding carboxylic acids is 1. The standard InChI is InChI=1S/C17H19N7O6S/c18-31(27,28)29-7-13-12(25)4-14(30-13)24-9-23-15-11(21-8-22-16(15)24)6-20-17(26)10-2-1-3-19-5-10/h1-3,5,8-9,12-14,25H,4,6-7H2,(H,20,26)(H2,18,27,28)/t12-,13+,14+/m0/s1. The fourth-order valence-electron chi connectivity index (χ4n) is 3.20. The minimum absolute atomic E-state index is 0.114. The maximum Gasteiger partial charge on any atom is 0.333 e. The van der Waals surface area contributed by atoms with Crippen molar-refractivity contribution in [1.29, 1.82) is 0 Å². The summed E-state index contributed by atoms with van der Waals surface area (Å²) in [6.45, 7) is -0.299. The summed E-state index contributed by atoms with van der Waals surface area (Å²) < 4.78 is 33.8. The van der Waals surface area contributed by atoms with Gasteiger partial charge in [0.15, 0.2) is 5.65 Å². The number of ether oxygens (including phenoxy) is 1. The molecule has 0 saturated carbocycles. The van der Waals surface area contributed by atoms with Crippen LogP contribution in [0.1, 0.15) is 28.7 Å². The summed E-state index contributed by atoms with van der Waals surface area (Å²) in [4.78, 5) is 28.9. The van der Waals surface area contributed by atoms with E-state index in [4.69, 9.17) is 9.88 Å². The summed E-state index contributed by atoms with van der Waals surface area (Å²) in [5.74, 6) is -0.306. The van der Waals surface area contributed by atoms with Crippen LogP contribution in [0, 0.1) is 0 Å². The fourth-order valence-corrected chi connectivity index (χ4v) is 3.53. The van der Waals surface area contributed by atoms with Crippen molar-refractivity contribution < 1.29 is 27.2 Å². The number of nitrogens with two attached hydrogens (primary N) is 1. The second-order valence-electron chi connectivity index (χ2n) is 6.78. The van der Waals surface area contributed by atoms with Gasteiger partial charge in [-0.3, -0.25) is 18.5 Å². The quantitative estimate of drug-likeness (QED) is 0.405. The molecule has 0 aromatic carbocycles. The van der Waals surface area contributed by atoms with E-state index in [1.54, 1.807) is 22.9 Å². The molecule has 4 rings (SSSR count). The molecule has 0 bridgehead atoms. The average Bonchev–Trinajstić information content (AvgIpc) is 3.34. The number of hydrogen-bond donors (Lipinski definition) is 3. The lowest BCUT2D eigenvalue weighted by Gasteiger charge is -2.15. The second-order valence-corrected chi connectivity index (χ2v) is 8.00. The number of aliphatic hydroxyl groups excluding tert-OH is 1. The zero-order valence-corrected chi connectivity index (χ0v) is 16.8. The maximum atomic E-state index is 12.2. The molecule has 31 heavy (non-hydrogen) atoms. The normalized spacial score (nSPS) is 21.4. The van der Waals surface area contributed by atoms with Gasteiger partial charge in [-0.05, 0) is 12.1 Å². The molecule has 4 N–H and O–H groups in total. The van der Waals surface area contributed by atoms with Crippen molar-refractivity contribution in [2.45, 2.75) is 31.4 Å². The van der Waals surface area contributed by atoms with Crippen LogP contribution in [0.4, 0.5) is 0 Å². The molecule has 1 fully saturated rings. The van der Waals surface area contributed by atoms with E-state index in [1.807, 2.05) is 0 Å². The molecule has 1 amide bonds. The van der Waals surface area contributed by atoms with E-state index >= 15 is 0 Å². The number of imidazole rings is 1. The topological polar surface area (TPSA) is 184 Å². The summed E-state index contributed by atoms with van der Waals surface area (Å²) in [7, 11) is -4.15. The number of hydrogen-bond acceptors (Lipinski definition) is 10. The van der Waals surface area contributed by atoms with Gasteiger partial charge in [0, 0.05) is 18.8 Å². The highest BCUT2D eigenvalue weighted by Crippen LogP contribution is 2.31. The van der Waals surface area contributed by atoms with Gasteiger partial charge in [-0.1, -0.05) is 0 Å². The van der Waals surface area contributed by atoms with E-state index in [-0.39, 0.29) is 18.9 Å². The number of aliphatic hydroxyl groups is 1. The number of nitrogens with zero attached hydrogens (tertiary/aromatic N) is 5. The molecule has 0 spiro atoms. The third-order valence-corrected chi connectivity index (χ3v) is 5.15. The first-order valence-electron chi connectivity index (χ1n) is 9.17. The lowest BCUT2D eigenvalue weighted by Crippen LogP contribution is -2.30. The van der Waals surface area contributed by atoms with Crippen molar-refractivity contribution in [3.8, 4) is 0 Å². The van der Waals surface area contributed by atoms with E-state index in [2.05, 4.69) is 29.4 Å². The first kappa shape index (κ1) is 21.2. The third kappa shape index (κ3) is 4.83. The molecule has 0 radical (unpaired) electrons. The lowest BCUT2D eigenvalue weighted by molar-refractivity contribution is -0.0371. The van der Waals surface area contributed by atoms with Crippen LogP contribution in [0.5, 0.6) is 0 Å². The van der Waals surface area contributed by atoms with Gasteiger partial charge in [0.25, 0.3) is 5.91 Å². The summed E-state index contributed by atoms with van der Waals surface area (Å²) >= 11 is 0. The highest BCUT2D eigenvalue weighted by molar-refractivity contribution is 7.84. The predicted molar refractivity (Wildman–Crippen MR) is 104 cm³/mol. The molecule has 1 aliphatic heterocycles. The van der Waals surface area contributed by atoms with Crippen LogP contribution in [0.3, 0.4) is 0 Å². The summed E-state index contributed by atoms with van der Waals surface area (Å²) in [5.41, 5.74) is 1.80. The van der Waals surface area contributed by atoms with Gasteiger partial charge in [0.1, 0.15) is 24.2 Å². The van der Waals surface area contributed by atoms with Crippen LogP contribution in [0.25, 0.3) is 11.2 Å². The molecule has 3 atom stereocenters. The minimum Gasteiger partial charge on any atom is -0.390 e. The Labute approximate surface area is 176 Å². The fraction of sp³-hybridized carbons (Fsp3) is 0.353. The lowest BCUT2D eigenvalue weighted by atomic mass is 10.2. The largest absolute Gasteiger partial charge is 0.390 e. The summed E-state index contributed by atoms with van der Waals surface area (Å²) in [6.07, 6.45) is 3.50. The number of carbonyl (C=O) groups is 1. The highest BCUT2D eigenvalue weighted by Gasteiger charge is 2.36. The van der Waals surface area contributed by atoms with Crippen molar-refractivity contribution >= 4 is 27.4 Å². The highest BCUT2D eigenvalue weighted by atomic mass is 32.2. The first-order chi connectivity index (χ1) is 14.8. The third-order valence-electron chi connectivity index (χ3n) is 4.69. The SMILES string of the molecule is NS(=O)(=O)OC[C@H]1O[C@@H](n2cnc3c(CNC(=O)c4cccnc4)ncnc32)C[C@@H]1O. The van der Waals surface area contributed by atoms with Crippen LogP contribution in [-0.4, -0.2) is 62.7 Å². The first-order valence-corrected chi connectivity index (χ1v) is 10.6. The number of aromatic nitrogens is 5. The Balaban J connectivity index is 1.48. The van der Waals surface area contributed by atoms with Gasteiger partial charge in [-0.25, -0.2) is 20.1 Å². The van der Waals surface area contributed by atoms with E-state index < -0.39 is 35.3 Å². The maximum absolute atomic E-state index is 12.2. The Morgan fingerprint density at radius 1 is 1.39 bits per heavy atom. The monoisotopic (exact) mass is 449 g/mol. The van der Waals surface area contributed by atoms with E-state index in [1.165, 1.54) is 18.9 Å². The second kappa shape index (κ2) is 8.60. The van der Waals surface area contributed by atoms with Crippen molar-refractivity contribution in [3.63, 3.8) is 0 Å². The zero-order chi connectivity index (χ0) is 22.0. The van der Waals surface area contributed by atoms with Crippen LogP contribution < -0.4 is 10.5 Å². The van der Waals surface area contributed by atoms with Crippen LogP contribution in [0.2, 0.25) is 0 Å². The van der Waals surface area contributed by atoms with Gasteiger partial charge in [0.05, 0.1) is 36.8 Å². The Bertz CT molecular complexity index is 1190. The predicted octanol–water partition coefficient (Wildman–Crippen LogP) is -0.980. The van der Waals surface area contributed by atoms with E-state index in [9.17, 15) is 18.3 Å². The Hall–Kier alpha value is -3.04. The molecule has 3 aromatic heterocycles. The van der Waals surface area contributed by atoms with Gasteiger partial charge in [-0.2, -0.15) is 8.42 Å². The zero-order valence-electron chi connectivity index (χ0n) is 16.0. The van der Waals surface area contributed by atoms with E-state index in [0.29, 0.717) is 22.4 Å². The minimum atomic E-state index is -4.15. The summed E-state index contributed by atoms with van der Waals surface area (Å²) in [5, 5.41) is 17.7. The molecule has 3 aromatic rings. The molecule has 1 saturated heterocycles.